The Morgan fingerprint density at radius 3 is 2.08 bits per heavy atom. The first-order valence-corrected chi connectivity index (χ1v) is 5.72. The van der Waals surface area contributed by atoms with Gasteiger partial charge >= 0.3 is 0 Å². The van der Waals surface area contributed by atoms with Gasteiger partial charge in [0.25, 0.3) is 0 Å². The third-order valence-electron chi connectivity index (χ3n) is 6.60. The van der Waals surface area contributed by atoms with Crippen LogP contribution in [0.4, 0.5) is 0 Å². The van der Waals surface area contributed by atoms with E-state index in [4.69, 9.17) is 4.74 Å². The van der Waals surface area contributed by atoms with Crippen molar-refractivity contribution in [2.75, 3.05) is 13.2 Å². The molecule has 0 saturated heterocycles. The lowest BCUT2D eigenvalue weighted by Crippen LogP contribution is -3.09. The molecule has 1 radical (unpaired) electrons. The maximum atomic E-state index is 5.66. The van der Waals surface area contributed by atoms with Gasteiger partial charge in [-0.3, -0.25) is 0 Å². The van der Waals surface area contributed by atoms with Crippen LogP contribution in [0.25, 0.3) is 0 Å². The van der Waals surface area contributed by atoms with Crippen LogP contribution in [0.1, 0.15) is 6.92 Å². The molecule has 6 aliphatic rings. The van der Waals surface area contributed by atoms with Crippen LogP contribution in [0.5, 0.6) is 0 Å². The second kappa shape index (κ2) is 1.32. The van der Waals surface area contributed by atoms with Gasteiger partial charge < -0.3 is 4.74 Å². The average molecular weight is 175 g/mol. The summed E-state index contributed by atoms with van der Waals surface area (Å²) in [7, 11) is 0. The van der Waals surface area contributed by atoms with Crippen molar-refractivity contribution in [2.24, 2.45) is 46.3 Å². The maximum absolute atomic E-state index is 5.66. The van der Waals surface area contributed by atoms with Gasteiger partial charge in [-0.05, 0) is 54.8 Å². The van der Waals surface area contributed by atoms with E-state index < -0.39 is 0 Å². The molecule has 69 valence electrons. The molecule has 0 amide bonds. The summed E-state index contributed by atoms with van der Waals surface area (Å²) in [6, 6.07) is 0. The highest BCUT2D eigenvalue weighted by Gasteiger charge is 3.08. The Bertz CT molecular complexity index is 278. The second-order valence-electron chi connectivity index (χ2n) is 6.02. The summed E-state index contributed by atoms with van der Waals surface area (Å²) in [6.07, 6.45) is 0. The Labute approximate surface area is 78.8 Å². The first-order chi connectivity index (χ1) is 6.29. The first kappa shape index (κ1) is 6.44. The van der Waals surface area contributed by atoms with Gasteiger partial charge in [0.2, 0.25) is 0 Å². The Balaban J connectivity index is 1.50. The summed E-state index contributed by atoms with van der Waals surface area (Å²) in [5.41, 5.74) is 1.36. The number of rotatable bonds is 3. The summed E-state index contributed by atoms with van der Waals surface area (Å²) in [5, 5.41) is 0. The summed E-state index contributed by atoms with van der Waals surface area (Å²) in [4.78, 5) is 0. The molecule has 1 heteroatoms. The molecule has 0 spiro atoms. The van der Waals surface area contributed by atoms with Gasteiger partial charge in [-0.15, -0.1) is 0 Å². The third kappa shape index (κ3) is 0.281. The smallest absolute Gasteiger partial charge is 0.0530 e. The zero-order valence-electron chi connectivity index (χ0n) is 7.99. The molecule has 0 unspecified atom stereocenters. The van der Waals surface area contributed by atoms with Crippen LogP contribution in [0, 0.1) is 53.3 Å². The van der Waals surface area contributed by atoms with Gasteiger partial charge in [0, 0.05) is 12.0 Å². The molecule has 13 heavy (non-hydrogen) atoms. The van der Waals surface area contributed by atoms with Gasteiger partial charge in [0.05, 0.1) is 6.61 Å². The zero-order chi connectivity index (χ0) is 8.59. The van der Waals surface area contributed by atoms with Gasteiger partial charge in [-0.25, -0.2) is 0 Å². The van der Waals surface area contributed by atoms with Crippen LogP contribution < -0.4 is 0 Å². The van der Waals surface area contributed by atoms with Crippen molar-refractivity contribution in [3.8, 4) is 0 Å². The van der Waals surface area contributed by atoms with Crippen LogP contribution >= 0.6 is 0 Å². The van der Waals surface area contributed by atoms with Crippen LogP contribution in [0.3, 0.4) is 0 Å². The van der Waals surface area contributed by atoms with E-state index in [1.807, 2.05) is 0 Å². The average Bonchev–Trinajstić information content (AvgIpc) is 2.18. The summed E-state index contributed by atoms with van der Waals surface area (Å²) in [5.74, 6) is 6.43. The maximum Gasteiger partial charge on any atom is 0.0530 e. The monoisotopic (exact) mass is 175 g/mol. The molecule has 1 nitrogen and oxygen atoms in total. The molecule has 6 aliphatic carbocycles. The number of ether oxygens (including phenoxy) is 1. The van der Waals surface area contributed by atoms with Crippen molar-refractivity contribution in [2.45, 2.75) is 6.92 Å². The molecular formula is C12H15O. The Morgan fingerprint density at radius 2 is 1.62 bits per heavy atom. The third-order valence-corrected chi connectivity index (χ3v) is 6.60. The largest absolute Gasteiger partial charge is 0.381 e. The van der Waals surface area contributed by atoms with Crippen molar-refractivity contribution in [3.05, 3.63) is 6.92 Å². The highest BCUT2D eigenvalue weighted by molar-refractivity contribution is 5.55. The molecule has 6 fully saturated rings. The molecule has 6 rings (SSSR count). The quantitative estimate of drug-likeness (QED) is 0.633. The highest BCUT2D eigenvalue weighted by atomic mass is 16.5. The van der Waals surface area contributed by atoms with Crippen molar-refractivity contribution in [3.63, 3.8) is 0 Å². The molecule has 0 aromatic carbocycles. The van der Waals surface area contributed by atoms with Crippen molar-refractivity contribution in [1.82, 2.24) is 0 Å². The summed E-state index contributed by atoms with van der Waals surface area (Å²) < 4.78 is 5.66. The zero-order valence-corrected chi connectivity index (χ0v) is 7.99. The van der Waals surface area contributed by atoms with E-state index in [1.165, 1.54) is 0 Å². The molecular weight excluding hydrogens is 160 g/mol. The topological polar surface area (TPSA) is 9.23 Å². The van der Waals surface area contributed by atoms with Crippen molar-refractivity contribution >= 4 is 0 Å². The normalized spacial score (nSPS) is 82.6. The molecule has 0 aliphatic heterocycles. The van der Waals surface area contributed by atoms with Gasteiger partial charge in [-0.2, -0.15) is 0 Å². The van der Waals surface area contributed by atoms with Crippen LogP contribution in [-0.4, -0.2) is 13.2 Å². The highest BCUT2D eigenvalue weighted by Crippen LogP contribution is 3.10. The molecule has 6 saturated carbocycles. The predicted octanol–water partition coefficient (Wildman–Crippen LogP) is 1.59. The van der Waals surface area contributed by atoms with E-state index in [0.717, 1.165) is 54.1 Å². The molecule has 0 atom stereocenters. The molecule has 0 aromatic heterocycles. The van der Waals surface area contributed by atoms with E-state index >= 15 is 0 Å². The van der Waals surface area contributed by atoms with E-state index in [1.54, 1.807) is 0 Å². The van der Waals surface area contributed by atoms with Gasteiger partial charge in [-0.1, -0.05) is 0 Å². The molecule has 0 aromatic rings. The van der Waals surface area contributed by atoms with Gasteiger partial charge in [0.1, 0.15) is 0 Å². The Morgan fingerprint density at radius 1 is 1.08 bits per heavy atom. The first-order valence-electron chi connectivity index (χ1n) is 5.72. The Kier molecular flexibility index (Phi) is 0.656. The molecule has 0 heterocycles. The Hall–Kier alpha value is -0.0400. The van der Waals surface area contributed by atoms with E-state index in [9.17, 15) is 0 Å². The van der Waals surface area contributed by atoms with Crippen LogP contribution in [0.2, 0.25) is 0 Å². The van der Waals surface area contributed by atoms with Crippen molar-refractivity contribution < 1.29 is 4.74 Å². The lowest BCUT2D eigenvalue weighted by Gasteiger charge is -3.11. The lowest BCUT2D eigenvalue weighted by molar-refractivity contribution is -0.649. The minimum atomic E-state index is 0.633. The standard InChI is InChI=1S/C12H15O/c1-3-13-4-12-8-5-9(12)7-10(12)6(8)11(5,7)2/h5-10H,2-4H2,1H3. The minimum Gasteiger partial charge on any atom is -0.381 e. The SMILES string of the molecule is [CH2]C12C3C4C1C1C2C3C41COCC. The predicted molar refractivity (Wildman–Crippen MR) is 47.7 cm³/mol. The van der Waals surface area contributed by atoms with Gasteiger partial charge in [0.15, 0.2) is 0 Å². The van der Waals surface area contributed by atoms with E-state index in [-0.39, 0.29) is 0 Å². The fourth-order valence-corrected chi connectivity index (χ4v) is 6.54. The van der Waals surface area contributed by atoms with E-state index in [0.29, 0.717) is 5.41 Å². The van der Waals surface area contributed by atoms with Crippen molar-refractivity contribution in [1.29, 1.82) is 0 Å². The fraction of sp³-hybridized carbons (Fsp3) is 0.917. The molecule has 0 N–H and O–H groups in total. The van der Waals surface area contributed by atoms with E-state index in [2.05, 4.69) is 13.8 Å². The summed E-state index contributed by atoms with van der Waals surface area (Å²) >= 11 is 0. The van der Waals surface area contributed by atoms with Crippen LogP contribution in [0.15, 0.2) is 0 Å². The van der Waals surface area contributed by atoms with Crippen LogP contribution in [-0.2, 0) is 4.74 Å². The second-order valence-corrected chi connectivity index (χ2v) is 6.02. The molecule has 0 bridgehead atoms. The number of hydrogen-bond donors (Lipinski definition) is 0. The lowest BCUT2D eigenvalue weighted by atomic mass is 8.92. The summed E-state index contributed by atoms with van der Waals surface area (Å²) in [6.45, 7) is 8.55. The fourth-order valence-electron chi connectivity index (χ4n) is 6.54. The minimum absolute atomic E-state index is 0.633. The number of hydrogen-bond acceptors (Lipinski definition) is 1.